The highest BCUT2D eigenvalue weighted by Gasteiger charge is 2.58. The molecule has 164 valence electrons. The van der Waals surface area contributed by atoms with Crippen LogP contribution in [0.4, 0.5) is 0 Å². The summed E-state index contributed by atoms with van der Waals surface area (Å²) in [6, 6.07) is 0. The lowest BCUT2D eigenvalue weighted by atomic mass is 9.67. The summed E-state index contributed by atoms with van der Waals surface area (Å²) in [7, 11) is 0. The average molecular weight is 400 g/mol. The Morgan fingerprint density at radius 1 is 1.14 bits per heavy atom. The number of nitrogens with zero attached hydrogens (tertiary/aromatic N) is 1. The zero-order chi connectivity index (χ0) is 21.5. The molecule has 1 saturated heterocycles. The number of hydrogen-bond donors (Lipinski definition) is 1. The highest BCUT2D eigenvalue weighted by Crippen LogP contribution is 2.47. The number of likely N-dealkylation sites (tertiary alicyclic amines) is 1. The van der Waals surface area contributed by atoms with Crippen molar-refractivity contribution >= 4 is 11.9 Å². The Labute approximate surface area is 171 Å². The van der Waals surface area contributed by atoms with Crippen molar-refractivity contribution in [1.82, 2.24) is 4.90 Å². The number of esters is 2. The van der Waals surface area contributed by atoms with E-state index in [0.717, 1.165) is 12.8 Å². The molecule has 0 radical (unpaired) electrons. The standard InChI is InChI=1S/C22H41NO5/c1-8-13-18(25)28-19-17(20(26)27-12-5)14-22(10-3,11-4)23(21(19,6)7)15-16(24)9-2/h16-17,19,24H,8-15H2,1-7H3. The first-order chi connectivity index (χ1) is 13.1. The Morgan fingerprint density at radius 3 is 2.21 bits per heavy atom. The molecule has 3 atom stereocenters. The number of aliphatic hydroxyl groups excluding tert-OH is 1. The van der Waals surface area contributed by atoms with E-state index < -0.39 is 23.7 Å². The van der Waals surface area contributed by atoms with Crippen LogP contribution in [0.2, 0.25) is 0 Å². The van der Waals surface area contributed by atoms with E-state index in [-0.39, 0.29) is 17.5 Å². The molecule has 6 heteroatoms. The molecule has 0 aromatic carbocycles. The Hall–Kier alpha value is -1.14. The van der Waals surface area contributed by atoms with Crippen LogP contribution in [0.3, 0.4) is 0 Å². The van der Waals surface area contributed by atoms with Gasteiger partial charge in [0.05, 0.1) is 24.2 Å². The van der Waals surface area contributed by atoms with E-state index in [1.807, 2.05) is 27.7 Å². The molecule has 0 aromatic rings. The second-order valence-electron chi connectivity index (χ2n) is 8.48. The summed E-state index contributed by atoms with van der Waals surface area (Å²) in [5.41, 5.74) is -0.869. The van der Waals surface area contributed by atoms with Gasteiger partial charge in [0.2, 0.25) is 0 Å². The van der Waals surface area contributed by atoms with Crippen LogP contribution >= 0.6 is 0 Å². The zero-order valence-corrected chi connectivity index (χ0v) is 18.9. The minimum absolute atomic E-state index is 0.259. The summed E-state index contributed by atoms with van der Waals surface area (Å²) in [6.07, 6.45) is 2.84. The van der Waals surface area contributed by atoms with Crippen LogP contribution in [-0.2, 0) is 19.1 Å². The number of aliphatic hydroxyl groups is 1. The molecule has 0 bridgehead atoms. The molecule has 0 aromatic heterocycles. The lowest BCUT2D eigenvalue weighted by molar-refractivity contribution is -0.200. The third kappa shape index (κ3) is 5.26. The molecule has 6 nitrogen and oxygen atoms in total. The van der Waals surface area contributed by atoms with Crippen molar-refractivity contribution in [3.63, 3.8) is 0 Å². The van der Waals surface area contributed by atoms with Crippen LogP contribution in [-0.4, -0.2) is 58.4 Å². The van der Waals surface area contributed by atoms with E-state index in [1.54, 1.807) is 6.92 Å². The van der Waals surface area contributed by atoms with Crippen molar-refractivity contribution in [1.29, 1.82) is 0 Å². The number of piperidine rings is 1. The summed E-state index contributed by atoms with van der Waals surface area (Å²) in [6.45, 7) is 14.8. The van der Waals surface area contributed by atoms with Gasteiger partial charge in [-0.25, -0.2) is 0 Å². The van der Waals surface area contributed by atoms with Gasteiger partial charge in [-0.2, -0.15) is 0 Å². The van der Waals surface area contributed by atoms with Gasteiger partial charge in [-0.15, -0.1) is 0 Å². The maximum absolute atomic E-state index is 12.9. The van der Waals surface area contributed by atoms with Gasteiger partial charge < -0.3 is 14.6 Å². The lowest BCUT2D eigenvalue weighted by Crippen LogP contribution is -2.71. The zero-order valence-electron chi connectivity index (χ0n) is 18.9. The average Bonchev–Trinajstić information content (AvgIpc) is 2.65. The van der Waals surface area contributed by atoms with E-state index in [1.165, 1.54) is 0 Å². The van der Waals surface area contributed by atoms with Crippen LogP contribution in [0, 0.1) is 5.92 Å². The molecule has 0 saturated carbocycles. The molecule has 28 heavy (non-hydrogen) atoms. The molecular weight excluding hydrogens is 358 g/mol. The molecule has 1 aliphatic rings. The molecule has 0 aliphatic carbocycles. The number of β-amino-alcohol motifs (C(OH)–C–C–N with tert-alkyl or cyclic N) is 1. The quantitative estimate of drug-likeness (QED) is 0.565. The molecule has 1 rings (SSSR count). The Morgan fingerprint density at radius 2 is 1.75 bits per heavy atom. The summed E-state index contributed by atoms with van der Waals surface area (Å²) in [5.74, 6) is -1.09. The smallest absolute Gasteiger partial charge is 0.312 e. The second-order valence-corrected chi connectivity index (χ2v) is 8.48. The van der Waals surface area contributed by atoms with Crippen molar-refractivity contribution in [3.05, 3.63) is 0 Å². The SMILES string of the molecule is CCCC(=O)OC1C(C(=O)OCC)CC(CC)(CC)N(CC(O)CC)C1(C)C. The molecule has 3 unspecified atom stereocenters. The van der Waals surface area contributed by atoms with Gasteiger partial charge in [0.15, 0.2) is 0 Å². The minimum atomic E-state index is -0.610. The first kappa shape index (κ1) is 24.9. The topological polar surface area (TPSA) is 76.1 Å². The second kappa shape index (κ2) is 10.6. The number of hydrogen-bond acceptors (Lipinski definition) is 6. The maximum Gasteiger partial charge on any atom is 0.312 e. The van der Waals surface area contributed by atoms with E-state index in [4.69, 9.17) is 9.47 Å². The molecular formula is C22H41NO5. The third-order valence-electron chi connectivity index (χ3n) is 6.41. The lowest BCUT2D eigenvalue weighted by Gasteiger charge is -2.60. The summed E-state index contributed by atoms with van der Waals surface area (Å²) < 4.78 is 11.3. The normalized spacial score (nSPS) is 25.1. The fraction of sp³-hybridized carbons (Fsp3) is 0.909. The van der Waals surface area contributed by atoms with Crippen LogP contribution in [0.15, 0.2) is 0 Å². The fourth-order valence-corrected chi connectivity index (χ4v) is 4.66. The predicted molar refractivity (Wildman–Crippen MR) is 110 cm³/mol. The largest absolute Gasteiger partial charge is 0.466 e. The number of carbonyl (C=O) groups is 2. The molecule has 0 spiro atoms. The fourth-order valence-electron chi connectivity index (χ4n) is 4.66. The summed E-state index contributed by atoms with van der Waals surface area (Å²) in [4.78, 5) is 27.5. The Kier molecular flexibility index (Phi) is 9.41. The van der Waals surface area contributed by atoms with E-state index >= 15 is 0 Å². The summed E-state index contributed by atoms with van der Waals surface area (Å²) in [5, 5.41) is 10.4. The van der Waals surface area contributed by atoms with E-state index in [2.05, 4.69) is 18.7 Å². The molecule has 1 N–H and O–H groups in total. The van der Waals surface area contributed by atoms with Gasteiger partial charge in [0, 0.05) is 18.5 Å². The minimum Gasteiger partial charge on any atom is -0.466 e. The highest BCUT2D eigenvalue weighted by atomic mass is 16.6. The van der Waals surface area contributed by atoms with Crippen molar-refractivity contribution in [3.8, 4) is 0 Å². The van der Waals surface area contributed by atoms with Gasteiger partial charge in [0.25, 0.3) is 0 Å². The molecule has 0 amide bonds. The molecule has 1 heterocycles. The van der Waals surface area contributed by atoms with Gasteiger partial charge in [-0.1, -0.05) is 27.7 Å². The molecule has 1 fully saturated rings. The van der Waals surface area contributed by atoms with Crippen molar-refractivity contribution in [2.45, 2.75) is 110 Å². The monoisotopic (exact) mass is 399 g/mol. The van der Waals surface area contributed by atoms with Crippen molar-refractivity contribution in [2.24, 2.45) is 5.92 Å². The Bertz CT molecular complexity index is 515. The van der Waals surface area contributed by atoms with Crippen LogP contribution < -0.4 is 0 Å². The van der Waals surface area contributed by atoms with Gasteiger partial charge in [-0.3, -0.25) is 14.5 Å². The van der Waals surface area contributed by atoms with Crippen molar-refractivity contribution < 1.29 is 24.2 Å². The first-order valence-electron chi connectivity index (χ1n) is 10.9. The number of carbonyl (C=O) groups excluding carboxylic acids is 2. The van der Waals surface area contributed by atoms with Gasteiger partial charge in [0.1, 0.15) is 6.10 Å². The predicted octanol–water partition coefficient (Wildman–Crippen LogP) is 3.69. The van der Waals surface area contributed by atoms with Crippen molar-refractivity contribution in [2.75, 3.05) is 13.2 Å². The van der Waals surface area contributed by atoms with Crippen LogP contribution in [0.5, 0.6) is 0 Å². The van der Waals surface area contributed by atoms with Crippen LogP contribution in [0.1, 0.15) is 87.0 Å². The van der Waals surface area contributed by atoms with E-state index in [9.17, 15) is 14.7 Å². The highest BCUT2D eigenvalue weighted by molar-refractivity contribution is 5.75. The molecule has 1 aliphatic heterocycles. The third-order valence-corrected chi connectivity index (χ3v) is 6.41. The van der Waals surface area contributed by atoms with Crippen LogP contribution in [0.25, 0.3) is 0 Å². The number of rotatable bonds is 10. The van der Waals surface area contributed by atoms with Gasteiger partial charge >= 0.3 is 11.9 Å². The van der Waals surface area contributed by atoms with E-state index in [0.29, 0.717) is 38.8 Å². The Balaban J connectivity index is 3.41. The van der Waals surface area contributed by atoms with Gasteiger partial charge in [-0.05, 0) is 52.9 Å². The number of ether oxygens (including phenoxy) is 2. The first-order valence-corrected chi connectivity index (χ1v) is 10.9. The maximum atomic E-state index is 12.9. The summed E-state index contributed by atoms with van der Waals surface area (Å²) >= 11 is 0.